The number of allylic oxidation sites excluding steroid dienone is 1. The summed E-state index contributed by atoms with van der Waals surface area (Å²) in [7, 11) is 0. The first-order chi connectivity index (χ1) is 8.30. The van der Waals surface area contributed by atoms with Crippen molar-refractivity contribution in [1.29, 1.82) is 0 Å². The first-order valence-corrected chi connectivity index (χ1v) is 6.78. The predicted octanol–water partition coefficient (Wildman–Crippen LogP) is 4.60. The molecular weight excluding hydrogens is 218 g/mol. The van der Waals surface area contributed by atoms with Gasteiger partial charge in [-0.05, 0) is 37.3 Å². The Bertz CT molecular complexity index is 389. The summed E-state index contributed by atoms with van der Waals surface area (Å²) in [6.45, 7) is 14.2. The minimum Gasteiger partial charge on any atom is -0.307 e. The Morgan fingerprint density at radius 3 is 2.17 bits per heavy atom. The molecule has 0 aliphatic heterocycles. The summed E-state index contributed by atoms with van der Waals surface area (Å²) in [5.74, 6) is 0. The van der Waals surface area contributed by atoms with Crippen LogP contribution in [-0.2, 0) is 5.41 Å². The molecule has 0 amide bonds. The van der Waals surface area contributed by atoms with Gasteiger partial charge in [-0.1, -0.05) is 56.7 Å². The molecule has 1 aromatic carbocycles. The van der Waals surface area contributed by atoms with Crippen molar-refractivity contribution in [3.8, 4) is 0 Å². The van der Waals surface area contributed by atoms with E-state index in [4.69, 9.17) is 0 Å². The summed E-state index contributed by atoms with van der Waals surface area (Å²) >= 11 is 0. The van der Waals surface area contributed by atoms with E-state index in [1.165, 1.54) is 16.7 Å². The van der Waals surface area contributed by atoms with Crippen LogP contribution in [0.1, 0.15) is 58.7 Å². The number of hydrogen-bond acceptors (Lipinski definition) is 1. The van der Waals surface area contributed by atoms with Crippen molar-refractivity contribution in [3.05, 3.63) is 47.0 Å². The van der Waals surface area contributed by atoms with Gasteiger partial charge >= 0.3 is 0 Å². The Morgan fingerprint density at radius 1 is 1.17 bits per heavy atom. The van der Waals surface area contributed by atoms with Gasteiger partial charge in [0.1, 0.15) is 0 Å². The van der Waals surface area contributed by atoms with Gasteiger partial charge in [-0.2, -0.15) is 0 Å². The third-order valence-corrected chi connectivity index (χ3v) is 3.21. The van der Waals surface area contributed by atoms with Crippen molar-refractivity contribution in [1.82, 2.24) is 5.32 Å². The second-order valence-electron chi connectivity index (χ2n) is 6.28. The van der Waals surface area contributed by atoms with E-state index in [1.54, 1.807) is 0 Å². The molecule has 0 heterocycles. The Hall–Kier alpha value is -1.08. The quantitative estimate of drug-likeness (QED) is 0.764. The third kappa shape index (κ3) is 4.66. The Morgan fingerprint density at radius 2 is 1.72 bits per heavy atom. The van der Waals surface area contributed by atoms with Gasteiger partial charge in [0, 0.05) is 12.6 Å². The van der Waals surface area contributed by atoms with Crippen LogP contribution in [0.2, 0.25) is 0 Å². The van der Waals surface area contributed by atoms with Crippen LogP contribution in [0, 0.1) is 0 Å². The SMILES string of the molecule is CC(C)=CCNC(C)c1ccc(C(C)(C)C)cc1. The zero-order valence-corrected chi connectivity index (χ0v) is 12.7. The molecule has 1 aromatic rings. The van der Waals surface area contributed by atoms with E-state index in [0.29, 0.717) is 6.04 Å². The van der Waals surface area contributed by atoms with Crippen molar-refractivity contribution >= 4 is 0 Å². The van der Waals surface area contributed by atoms with Crippen LogP contribution in [0.5, 0.6) is 0 Å². The predicted molar refractivity (Wildman–Crippen MR) is 81.0 cm³/mol. The third-order valence-electron chi connectivity index (χ3n) is 3.21. The summed E-state index contributed by atoms with van der Waals surface area (Å²) in [5.41, 5.74) is 4.34. The fraction of sp³-hybridized carbons (Fsp3) is 0.529. The van der Waals surface area contributed by atoms with E-state index in [-0.39, 0.29) is 5.41 Å². The van der Waals surface area contributed by atoms with E-state index in [2.05, 4.69) is 77.2 Å². The number of nitrogens with one attached hydrogen (secondary N) is 1. The lowest BCUT2D eigenvalue weighted by Gasteiger charge is -2.20. The van der Waals surface area contributed by atoms with Gasteiger partial charge in [0.05, 0.1) is 0 Å². The normalized spacial score (nSPS) is 13.2. The average Bonchev–Trinajstić information content (AvgIpc) is 2.27. The lowest BCUT2D eigenvalue weighted by Crippen LogP contribution is -2.19. The van der Waals surface area contributed by atoms with Gasteiger partial charge in [-0.15, -0.1) is 0 Å². The van der Waals surface area contributed by atoms with Crippen LogP contribution >= 0.6 is 0 Å². The standard InChI is InChI=1S/C17H27N/c1-13(2)11-12-18-14(3)15-7-9-16(10-8-15)17(4,5)6/h7-11,14,18H,12H2,1-6H3. The second kappa shape index (κ2) is 6.19. The van der Waals surface area contributed by atoms with E-state index in [9.17, 15) is 0 Å². The van der Waals surface area contributed by atoms with Crippen LogP contribution in [0.15, 0.2) is 35.9 Å². The average molecular weight is 245 g/mol. The fourth-order valence-corrected chi connectivity index (χ4v) is 1.83. The van der Waals surface area contributed by atoms with Gasteiger partial charge in [-0.3, -0.25) is 0 Å². The molecule has 1 rings (SSSR count). The summed E-state index contributed by atoms with van der Waals surface area (Å²) in [4.78, 5) is 0. The number of rotatable bonds is 4. The molecule has 0 aliphatic carbocycles. The molecule has 1 heteroatoms. The minimum atomic E-state index is 0.233. The molecule has 0 aliphatic rings. The zero-order chi connectivity index (χ0) is 13.8. The van der Waals surface area contributed by atoms with Gasteiger partial charge < -0.3 is 5.32 Å². The Kier molecular flexibility index (Phi) is 5.15. The molecule has 0 saturated heterocycles. The lowest BCUT2D eigenvalue weighted by molar-refractivity contribution is 0.586. The molecule has 0 aromatic heterocycles. The highest BCUT2D eigenvalue weighted by Crippen LogP contribution is 2.23. The molecule has 100 valence electrons. The first kappa shape index (κ1) is 15.0. The maximum absolute atomic E-state index is 3.51. The maximum Gasteiger partial charge on any atom is 0.0294 e. The highest BCUT2D eigenvalue weighted by molar-refractivity contribution is 5.29. The van der Waals surface area contributed by atoms with Gasteiger partial charge in [0.15, 0.2) is 0 Å². The van der Waals surface area contributed by atoms with Crippen LogP contribution in [0.4, 0.5) is 0 Å². The summed E-state index contributed by atoms with van der Waals surface area (Å²) in [6, 6.07) is 9.36. The van der Waals surface area contributed by atoms with Crippen LogP contribution in [0.25, 0.3) is 0 Å². The Balaban J connectivity index is 2.65. The second-order valence-corrected chi connectivity index (χ2v) is 6.28. The largest absolute Gasteiger partial charge is 0.307 e. The van der Waals surface area contributed by atoms with Gasteiger partial charge in [-0.25, -0.2) is 0 Å². The smallest absolute Gasteiger partial charge is 0.0294 e. The molecule has 0 bridgehead atoms. The van der Waals surface area contributed by atoms with Crippen molar-refractivity contribution in [2.45, 2.75) is 53.0 Å². The van der Waals surface area contributed by atoms with Gasteiger partial charge in [0.25, 0.3) is 0 Å². The summed E-state index contributed by atoms with van der Waals surface area (Å²) < 4.78 is 0. The topological polar surface area (TPSA) is 12.0 Å². The molecule has 1 nitrogen and oxygen atoms in total. The molecule has 1 atom stereocenters. The first-order valence-electron chi connectivity index (χ1n) is 6.78. The molecule has 1 N–H and O–H groups in total. The maximum atomic E-state index is 3.51. The van der Waals surface area contributed by atoms with Crippen molar-refractivity contribution in [2.75, 3.05) is 6.54 Å². The minimum absolute atomic E-state index is 0.233. The highest BCUT2D eigenvalue weighted by atomic mass is 14.9. The monoisotopic (exact) mass is 245 g/mol. The molecule has 0 radical (unpaired) electrons. The molecule has 18 heavy (non-hydrogen) atoms. The zero-order valence-electron chi connectivity index (χ0n) is 12.7. The highest BCUT2D eigenvalue weighted by Gasteiger charge is 2.13. The molecule has 0 fully saturated rings. The molecule has 0 saturated carbocycles. The molecule has 1 unspecified atom stereocenters. The Labute approximate surface area is 112 Å². The molecule has 0 spiro atoms. The van der Waals surface area contributed by atoms with Crippen molar-refractivity contribution < 1.29 is 0 Å². The summed E-state index contributed by atoms with van der Waals surface area (Å²) in [6.07, 6.45) is 2.22. The van der Waals surface area contributed by atoms with E-state index < -0.39 is 0 Å². The number of hydrogen-bond donors (Lipinski definition) is 1. The van der Waals surface area contributed by atoms with Crippen molar-refractivity contribution in [2.24, 2.45) is 0 Å². The van der Waals surface area contributed by atoms with E-state index in [1.807, 2.05) is 0 Å². The number of benzene rings is 1. The van der Waals surface area contributed by atoms with Gasteiger partial charge in [0.2, 0.25) is 0 Å². The van der Waals surface area contributed by atoms with E-state index >= 15 is 0 Å². The van der Waals surface area contributed by atoms with E-state index in [0.717, 1.165) is 6.54 Å². The van der Waals surface area contributed by atoms with Crippen LogP contribution in [-0.4, -0.2) is 6.54 Å². The van der Waals surface area contributed by atoms with Crippen molar-refractivity contribution in [3.63, 3.8) is 0 Å². The summed E-state index contributed by atoms with van der Waals surface area (Å²) in [5, 5.41) is 3.51. The fourth-order valence-electron chi connectivity index (χ4n) is 1.83. The van der Waals surface area contributed by atoms with Crippen LogP contribution < -0.4 is 5.32 Å². The van der Waals surface area contributed by atoms with Crippen LogP contribution in [0.3, 0.4) is 0 Å². The molecular formula is C17H27N. The lowest BCUT2D eigenvalue weighted by atomic mass is 9.86.